The van der Waals surface area contributed by atoms with Crippen molar-refractivity contribution >= 4 is 28.7 Å². The van der Waals surface area contributed by atoms with E-state index >= 15 is 0 Å². The Bertz CT molecular complexity index is 1180. The van der Waals surface area contributed by atoms with Crippen LogP contribution in [0.3, 0.4) is 0 Å². The van der Waals surface area contributed by atoms with Crippen LogP contribution in [-0.2, 0) is 11.2 Å². The summed E-state index contributed by atoms with van der Waals surface area (Å²) in [4.78, 5) is 29.3. The molecule has 0 saturated heterocycles. The zero-order valence-electron chi connectivity index (χ0n) is 14.8. The number of rotatable bonds is 5. The highest BCUT2D eigenvalue weighted by molar-refractivity contribution is 7.12. The topological polar surface area (TPSA) is 76.4 Å². The molecule has 6 nitrogen and oxygen atoms in total. The summed E-state index contributed by atoms with van der Waals surface area (Å²) >= 11 is 1.36. The van der Waals surface area contributed by atoms with Gasteiger partial charge in [-0.25, -0.2) is 13.9 Å². The van der Waals surface area contributed by atoms with Crippen molar-refractivity contribution in [2.45, 2.75) is 6.42 Å². The maximum absolute atomic E-state index is 14.1. The molecule has 0 bridgehead atoms. The lowest BCUT2D eigenvalue weighted by molar-refractivity contribution is -0.120. The Morgan fingerprint density at radius 1 is 1.25 bits per heavy atom. The second-order valence-corrected chi connectivity index (χ2v) is 7.03. The second-order valence-electron chi connectivity index (χ2n) is 6.09. The van der Waals surface area contributed by atoms with Crippen LogP contribution < -0.4 is 5.32 Å². The van der Waals surface area contributed by atoms with E-state index in [-0.39, 0.29) is 23.7 Å². The molecule has 3 aromatic heterocycles. The zero-order valence-corrected chi connectivity index (χ0v) is 15.7. The van der Waals surface area contributed by atoms with Crippen molar-refractivity contribution in [3.8, 4) is 11.3 Å². The van der Waals surface area contributed by atoms with Crippen molar-refractivity contribution in [1.29, 1.82) is 0 Å². The van der Waals surface area contributed by atoms with Crippen LogP contribution in [0.1, 0.15) is 20.8 Å². The number of thiophene rings is 1. The minimum atomic E-state index is -0.452. The van der Waals surface area contributed by atoms with Gasteiger partial charge in [-0.3, -0.25) is 9.59 Å². The monoisotopic (exact) mass is 394 g/mol. The molecule has 3 heterocycles. The maximum Gasteiger partial charge on any atom is 0.224 e. The molecule has 1 aromatic carbocycles. The van der Waals surface area contributed by atoms with Crippen molar-refractivity contribution in [3.05, 3.63) is 76.0 Å². The number of hydrogen-bond donors (Lipinski definition) is 1. The van der Waals surface area contributed by atoms with Gasteiger partial charge in [-0.2, -0.15) is 5.10 Å². The minimum absolute atomic E-state index is 0.0639. The molecular weight excluding hydrogens is 379 g/mol. The molecule has 0 spiro atoms. The van der Waals surface area contributed by atoms with Gasteiger partial charge in [-0.05, 0) is 41.3 Å². The van der Waals surface area contributed by atoms with Gasteiger partial charge in [-0.15, -0.1) is 11.3 Å². The number of nitrogens with zero attached hydrogens (tertiary/aromatic N) is 3. The lowest BCUT2D eigenvalue weighted by atomic mass is 10.0. The fourth-order valence-corrected chi connectivity index (χ4v) is 3.62. The zero-order chi connectivity index (χ0) is 19.7. The molecule has 0 atom stereocenters. The van der Waals surface area contributed by atoms with Crippen molar-refractivity contribution < 1.29 is 14.0 Å². The Balaban J connectivity index is 1.79. The van der Waals surface area contributed by atoms with Crippen LogP contribution in [-0.4, -0.2) is 33.3 Å². The van der Waals surface area contributed by atoms with Gasteiger partial charge in [-0.1, -0.05) is 6.07 Å². The first-order chi connectivity index (χ1) is 13.6. The van der Waals surface area contributed by atoms with Crippen molar-refractivity contribution in [3.63, 3.8) is 0 Å². The first-order valence-electron chi connectivity index (χ1n) is 8.49. The largest absolute Gasteiger partial charge is 0.359 e. The Morgan fingerprint density at radius 3 is 2.86 bits per heavy atom. The summed E-state index contributed by atoms with van der Waals surface area (Å²) in [6.45, 7) is 0. The normalized spacial score (nSPS) is 10.9. The lowest BCUT2D eigenvalue weighted by Gasteiger charge is -2.08. The van der Waals surface area contributed by atoms with Crippen LogP contribution >= 0.6 is 11.3 Å². The molecule has 28 heavy (non-hydrogen) atoms. The van der Waals surface area contributed by atoms with Crippen LogP contribution in [0.2, 0.25) is 0 Å². The van der Waals surface area contributed by atoms with E-state index in [2.05, 4.69) is 15.4 Å². The Labute approximate surface area is 163 Å². The predicted octanol–water partition coefficient (Wildman–Crippen LogP) is 3.12. The molecule has 0 aliphatic rings. The van der Waals surface area contributed by atoms with Gasteiger partial charge in [0.15, 0.2) is 5.65 Å². The molecule has 8 heteroatoms. The molecule has 0 unspecified atom stereocenters. The number of benzene rings is 1. The first-order valence-corrected chi connectivity index (χ1v) is 9.37. The number of nitrogens with one attached hydrogen (secondary N) is 1. The van der Waals surface area contributed by atoms with E-state index in [1.54, 1.807) is 35.0 Å². The summed E-state index contributed by atoms with van der Waals surface area (Å²) in [6, 6.07) is 9.85. The second kappa shape index (κ2) is 7.32. The van der Waals surface area contributed by atoms with Gasteiger partial charge in [0.05, 0.1) is 28.8 Å². The van der Waals surface area contributed by atoms with Gasteiger partial charge in [0.2, 0.25) is 11.7 Å². The van der Waals surface area contributed by atoms with Crippen molar-refractivity contribution in [2.75, 3.05) is 7.05 Å². The van der Waals surface area contributed by atoms with E-state index < -0.39 is 5.82 Å². The average molecular weight is 394 g/mol. The number of hydrogen-bond acceptors (Lipinski definition) is 5. The van der Waals surface area contributed by atoms with Gasteiger partial charge in [0, 0.05) is 18.8 Å². The molecule has 4 aromatic rings. The maximum atomic E-state index is 14.1. The summed E-state index contributed by atoms with van der Waals surface area (Å²) in [5.74, 6) is -0.875. The molecule has 0 fully saturated rings. The van der Waals surface area contributed by atoms with Gasteiger partial charge >= 0.3 is 0 Å². The molecule has 0 aliphatic heterocycles. The summed E-state index contributed by atoms with van der Waals surface area (Å²) < 4.78 is 15.7. The standard InChI is InChI=1S/C20H15FN4O2S/c1-22-18(26)10-13-9-12(4-5-15(13)21)16-6-7-23-20-14(11-24-25(16)20)19(27)17-3-2-8-28-17/h2-9,11H,10H2,1H3,(H,22,26). The highest BCUT2D eigenvalue weighted by atomic mass is 32.1. The third-order valence-corrected chi connectivity index (χ3v) is 5.23. The highest BCUT2D eigenvalue weighted by Crippen LogP contribution is 2.25. The summed E-state index contributed by atoms with van der Waals surface area (Å²) in [6.07, 6.45) is 3.01. The van der Waals surface area contributed by atoms with E-state index in [9.17, 15) is 14.0 Å². The molecule has 140 valence electrons. The molecule has 0 aliphatic carbocycles. The van der Waals surface area contributed by atoms with E-state index in [4.69, 9.17) is 0 Å². The number of aromatic nitrogens is 3. The van der Waals surface area contributed by atoms with Crippen LogP contribution in [0, 0.1) is 5.82 Å². The molecule has 4 rings (SSSR count). The quantitative estimate of drug-likeness (QED) is 0.528. The Kier molecular flexibility index (Phi) is 4.70. The Hall–Kier alpha value is -3.39. The third kappa shape index (κ3) is 3.18. The number of fused-ring (bicyclic) bond motifs is 1. The lowest BCUT2D eigenvalue weighted by Crippen LogP contribution is -2.20. The van der Waals surface area contributed by atoms with Crippen molar-refractivity contribution in [1.82, 2.24) is 19.9 Å². The Morgan fingerprint density at radius 2 is 2.11 bits per heavy atom. The smallest absolute Gasteiger partial charge is 0.224 e. The van der Waals surface area contributed by atoms with Gasteiger partial charge in [0.25, 0.3) is 0 Å². The SMILES string of the molecule is CNC(=O)Cc1cc(-c2ccnc3c(C(=O)c4cccs4)cnn23)ccc1F. The van der Waals surface area contributed by atoms with E-state index in [1.807, 2.05) is 11.4 Å². The summed E-state index contributed by atoms with van der Waals surface area (Å²) in [7, 11) is 1.51. The fourth-order valence-electron chi connectivity index (χ4n) is 2.94. The highest BCUT2D eigenvalue weighted by Gasteiger charge is 2.19. The van der Waals surface area contributed by atoms with Crippen LogP contribution in [0.15, 0.2) is 54.2 Å². The number of likely N-dealkylation sites (N-methyl/N-ethyl adjacent to an activating group) is 1. The van der Waals surface area contributed by atoms with Crippen molar-refractivity contribution in [2.24, 2.45) is 0 Å². The predicted molar refractivity (Wildman–Crippen MR) is 104 cm³/mol. The van der Waals surface area contributed by atoms with E-state index in [0.717, 1.165) is 0 Å². The van der Waals surface area contributed by atoms with Crippen LogP contribution in [0.25, 0.3) is 16.9 Å². The number of carbonyl (C=O) groups excluding carboxylic acids is 2. The minimum Gasteiger partial charge on any atom is -0.359 e. The molecular formula is C20H15FN4O2S. The van der Waals surface area contributed by atoms with Crippen LogP contribution in [0.4, 0.5) is 4.39 Å². The fraction of sp³-hybridized carbons (Fsp3) is 0.100. The summed E-state index contributed by atoms with van der Waals surface area (Å²) in [5, 5.41) is 8.65. The summed E-state index contributed by atoms with van der Waals surface area (Å²) in [5.41, 5.74) is 2.42. The third-order valence-electron chi connectivity index (χ3n) is 4.36. The molecule has 0 radical (unpaired) electrons. The number of amides is 1. The number of ketones is 1. The first kappa shape index (κ1) is 18.0. The average Bonchev–Trinajstić information content (AvgIpc) is 3.39. The van der Waals surface area contributed by atoms with Gasteiger partial charge in [0.1, 0.15) is 5.82 Å². The van der Waals surface area contributed by atoms with E-state index in [1.165, 1.54) is 30.6 Å². The number of halogens is 1. The van der Waals surface area contributed by atoms with E-state index in [0.29, 0.717) is 27.3 Å². The molecule has 0 saturated carbocycles. The van der Waals surface area contributed by atoms with Crippen LogP contribution in [0.5, 0.6) is 0 Å². The molecule has 1 amide bonds. The van der Waals surface area contributed by atoms with Gasteiger partial charge < -0.3 is 5.32 Å². The molecule has 1 N–H and O–H groups in total. The number of carbonyl (C=O) groups is 2.